The van der Waals surface area contributed by atoms with Gasteiger partial charge in [-0.05, 0) is 25.0 Å². The summed E-state index contributed by atoms with van der Waals surface area (Å²) in [5, 5.41) is 7.40. The molecule has 1 unspecified atom stereocenters. The Hall–Kier alpha value is -2.34. The van der Waals surface area contributed by atoms with Crippen LogP contribution in [0.2, 0.25) is 0 Å². The van der Waals surface area contributed by atoms with Gasteiger partial charge in [0.25, 0.3) is 0 Å². The van der Waals surface area contributed by atoms with E-state index >= 15 is 0 Å². The van der Waals surface area contributed by atoms with Crippen LogP contribution in [0.15, 0.2) is 42.6 Å². The largest absolute Gasteiger partial charge is 0.338 e. The van der Waals surface area contributed by atoms with Gasteiger partial charge in [0.15, 0.2) is 0 Å². The Kier molecular flexibility index (Phi) is 6.28. The van der Waals surface area contributed by atoms with Crippen molar-refractivity contribution in [2.75, 3.05) is 26.2 Å². The zero-order chi connectivity index (χ0) is 18.4. The first kappa shape index (κ1) is 18.5. The van der Waals surface area contributed by atoms with Crippen LogP contribution in [0, 0.1) is 0 Å². The van der Waals surface area contributed by atoms with Crippen molar-refractivity contribution >= 4 is 6.03 Å². The van der Waals surface area contributed by atoms with Crippen LogP contribution in [-0.2, 0) is 20.0 Å². The molecule has 6 heteroatoms. The first-order chi connectivity index (χ1) is 12.6. The van der Waals surface area contributed by atoms with Gasteiger partial charge in [0.1, 0.15) is 0 Å². The molecule has 1 fully saturated rings. The van der Waals surface area contributed by atoms with Crippen molar-refractivity contribution in [3.8, 4) is 0 Å². The topological polar surface area (TPSA) is 53.4 Å². The third-order valence-corrected chi connectivity index (χ3v) is 4.86. The molecule has 0 bridgehead atoms. The molecule has 1 aromatic heterocycles. The summed E-state index contributed by atoms with van der Waals surface area (Å²) in [4.78, 5) is 17.0. The summed E-state index contributed by atoms with van der Waals surface area (Å²) < 4.78 is 1.79. The number of hydrogen-bond donors (Lipinski definition) is 1. The zero-order valence-corrected chi connectivity index (χ0v) is 15.8. The summed E-state index contributed by atoms with van der Waals surface area (Å²) in [6.45, 7) is 6.44. The number of carbonyl (C=O) groups is 1. The second-order valence-corrected chi connectivity index (χ2v) is 7.08. The zero-order valence-electron chi connectivity index (χ0n) is 15.8. The van der Waals surface area contributed by atoms with Crippen LogP contribution in [0.1, 0.15) is 24.6 Å². The summed E-state index contributed by atoms with van der Waals surface area (Å²) in [5.41, 5.74) is 2.33. The molecule has 2 amide bonds. The summed E-state index contributed by atoms with van der Waals surface area (Å²) in [6, 6.07) is 12.8. The Morgan fingerprint density at radius 3 is 2.77 bits per heavy atom. The van der Waals surface area contributed by atoms with Crippen molar-refractivity contribution in [1.29, 1.82) is 0 Å². The van der Waals surface area contributed by atoms with E-state index < -0.39 is 0 Å². The van der Waals surface area contributed by atoms with Gasteiger partial charge in [-0.15, -0.1) is 0 Å². The highest BCUT2D eigenvalue weighted by Crippen LogP contribution is 2.13. The maximum atomic E-state index is 12.6. The molecule has 1 aliphatic rings. The van der Waals surface area contributed by atoms with Crippen LogP contribution in [0.5, 0.6) is 0 Å². The number of aromatic nitrogens is 2. The van der Waals surface area contributed by atoms with Gasteiger partial charge < -0.3 is 10.2 Å². The molecule has 1 N–H and O–H groups in total. The van der Waals surface area contributed by atoms with Crippen molar-refractivity contribution in [2.24, 2.45) is 7.05 Å². The van der Waals surface area contributed by atoms with Gasteiger partial charge in [-0.2, -0.15) is 5.10 Å². The van der Waals surface area contributed by atoms with Gasteiger partial charge in [0, 0.05) is 58.4 Å². The fourth-order valence-corrected chi connectivity index (χ4v) is 3.53. The van der Waals surface area contributed by atoms with E-state index in [1.807, 2.05) is 30.3 Å². The van der Waals surface area contributed by atoms with E-state index in [0.29, 0.717) is 6.54 Å². The average molecular weight is 355 g/mol. The predicted octanol–water partition coefficient (Wildman–Crippen LogP) is 2.27. The minimum absolute atomic E-state index is 0.0370. The summed E-state index contributed by atoms with van der Waals surface area (Å²) in [5.74, 6) is 0. The fraction of sp³-hybridized carbons (Fsp3) is 0.500. The SMILES string of the molecule is CC1CN(Cc2ccccc2)CCCN1C(=O)NCCc1ccn(C)n1. The Balaban J connectivity index is 1.48. The lowest BCUT2D eigenvalue weighted by Crippen LogP contribution is -2.47. The number of urea groups is 1. The lowest BCUT2D eigenvalue weighted by Gasteiger charge is -2.29. The average Bonchev–Trinajstić information content (AvgIpc) is 2.95. The maximum absolute atomic E-state index is 12.6. The Bertz CT molecular complexity index is 699. The monoisotopic (exact) mass is 355 g/mol. The minimum Gasteiger partial charge on any atom is -0.338 e. The number of carbonyl (C=O) groups excluding carboxylic acids is 1. The maximum Gasteiger partial charge on any atom is 0.317 e. The number of nitrogens with zero attached hydrogens (tertiary/aromatic N) is 4. The van der Waals surface area contributed by atoms with E-state index in [2.05, 4.69) is 46.5 Å². The molecule has 0 aliphatic carbocycles. The summed E-state index contributed by atoms with van der Waals surface area (Å²) in [7, 11) is 1.90. The molecule has 0 radical (unpaired) electrons. The van der Waals surface area contributed by atoms with E-state index in [1.165, 1.54) is 5.56 Å². The highest BCUT2D eigenvalue weighted by atomic mass is 16.2. The van der Waals surface area contributed by atoms with Crippen molar-refractivity contribution < 1.29 is 4.79 Å². The number of rotatable bonds is 5. The van der Waals surface area contributed by atoms with Crippen LogP contribution in [0.4, 0.5) is 4.79 Å². The minimum atomic E-state index is 0.0370. The quantitative estimate of drug-likeness (QED) is 0.895. The molecule has 1 aliphatic heterocycles. The van der Waals surface area contributed by atoms with Gasteiger partial charge in [0.05, 0.1) is 5.69 Å². The molecule has 1 saturated heterocycles. The van der Waals surface area contributed by atoms with E-state index in [9.17, 15) is 4.79 Å². The Morgan fingerprint density at radius 1 is 1.23 bits per heavy atom. The number of aryl methyl sites for hydroxylation is 1. The van der Waals surface area contributed by atoms with Gasteiger partial charge >= 0.3 is 6.03 Å². The van der Waals surface area contributed by atoms with E-state index in [4.69, 9.17) is 0 Å². The third-order valence-electron chi connectivity index (χ3n) is 4.86. The number of benzene rings is 1. The fourth-order valence-electron chi connectivity index (χ4n) is 3.53. The molecule has 140 valence electrons. The highest BCUT2D eigenvalue weighted by Gasteiger charge is 2.25. The Labute approximate surface area is 155 Å². The molecule has 2 aromatic rings. The molecule has 1 atom stereocenters. The molecule has 6 nitrogen and oxygen atoms in total. The van der Waals surface area contributed by atoms with Gasteiger partial charge in [0.2, 0.25) is 0 Å². The first-order valence-electron chi connectivity index (χ1n) is 9.41. The molecule has 2 heterocycles. The van der Waals surface area contributed by atoms with Crippen LogP contribution in [0.25, 0.3) is 0 Å². The van der Waals surface area contributed by atoms with Gasteiger partial charge in [-0.25, -0.2) is 4.79 Å². The summed E-state index contributed by atoms with van der Waals surface area (Å²) in [6.07, 6.45) is 3.69. The van der Waals surface area contributed by atoms with Crippen LogP contribution in [0.3, 0.4) is 0 Å². The molecule has 0 spiro atoms. The third kappa shape index (κ3) is 5.08. The van der Waals surface area contributed by atoms with E-state index in [-0.39, 0.29) is 12.1 Å². The molecular formula is C20H29N5O. The molecule has 3 rings (SSSR count). The standard InChI is InChI=1S/C20H29N5O/c1-17-15-24(16-18-7-4-3-5-8-18)12-6-13-25(17)20(26)21-11-9-19-10-14-23(2)22-19/h3-5,7-8,10,14,17H,6,9,11-13,15-16H2,1-2H3,(H,21,26). The summed E-state index contributed by atoms with van der Waals surface area (Å²) >= 11 is 0. The predicted molar refractivity (Wildman–Crippen MR) is 103 cm³/mol. The highest BCUT2D eigenvalue weighted by molar-refractivity contribution is 5.74. The van der Waals surface area contributed by atoms with Crippen molar-refractivity contribution in [3.63, 3.8) is 0 Å². The van der Waals surface area contributed by atoms with Gasteiger partial charge in [-0.1, -0.05) is 30.3 Å². The molecule has 26 heavy (non-hydrogen) atoms. The van der Waals surface area contributed by atoms with Crippen LogP contribution >= 0.6 is 0 Å². The lowest BCUT2D eigenvalue weighted by molar-refractivity contribution is 0.172. The van der Waals surface area contributed by atoms with Crippen molar-refractivity contribution in [3.05, 3.63) is 53.9 Å². The smallest absolute Gasteiger partial charge is 0.317 e. The molecule has 1 aromatic carbocycles. The molecular weight excluding hydrogens is 326 g/mol. The Morgan fingerprint density at radius 2 is 2.04 bits per heavy atom. The molecule has 0 saturated carbocycles. The van der Waals surface area contributed by atoms with Gasteiger partial charge in [-0.3, -0.25) is 9.58 Å². The second kappa shape index (κ2) is 8.85. The first-order valence-corrected chi connectivity index (χ1v) is 9.41. The number of nitrogens with one attached hydrogen (secondary N) is 1. The van der Waals surface area contributed by atoms with Crippen LogP contribution < -0.4 is 5.32 Å². The van der Waals surface area contributed by atoms with E-state index in [0.717, 1.165) is 44.7 Å². The normalized spacial score (nSPS) is 18.5. The van der Waals surface area contributed by atoms with Crippen molar-refractivity contribution in [1.82, 2.24) is 24.9 Å². The number of amides is 2. The van der Waals surface area contributed by atoms with Crippen LogP contribution in [-0.4, -0.2) is 57.8 Å². The number of hydrogen-bond acceptors (Lipinski definition) is 3. The van der Waals surface area contributed by atoms with Crippen molar-refractivity contribution in [2.45, 2.75) is 32.4 Å². The lowest BCUT2D eigenvalue weighted by atomic mass is 10.2. The second-order valence-electron chi connectivity index (χ2n) is 7.08. The van der Waals surface area contributed by atoms with E-state index in [1.54, 1.807) is 4.68 Å².